The average Bonchev–Trinajstić information content (AvgIpc) is 2.80. The van der Waals surface area contributed by atoms with Crippen LogP contribution < -0.4 is 9.47 Å². The molecule has 172 valence electrons. The molecule has 0 radical (unpaired) electrons. The second kappa shape index (κ2) is 10.8. The first-order chi connectivity index (χ1) is 15.2. The molecule has 7 heteroatoms. The van der Waals surface area contributed by atoms with Crippen molar-refractivity contribution in [3.05, 3.63) is 58.7 Å². The van der Waals surface area contributed by atoms with Crippen LogP contribution in [0.15, 0.2) is 36.4 Å². The molecule has 0 spiro atoms. The molecule has 0 aliphatic rings. The zero-order valence-electron chi connectivity index (χ0n) is 19.6. The number of hydrogen-bond acceptors (Lipinski definition) is 7. The van der Waals surface area contributed by atoms with E-state index in [-0.39, 0.29) is 5.78 Å². The van der Waals surface area contributed by atoms with Crippen LogP contribution in [0.3, 0.4) is 0 Å². The van der Waals surface area contributed by atoms with Crippen LogP contribution in [0.5, 0.6) is 11.5 Å². The van der Waals surface area contributed by atoms with Gasteiger partial charge in [-0.3, -0.25) is 14.4 Å². The quantitative estimate of drug-likeness (QED) is 0.331. The molecule has 2 atom stereocenters. The van der Waals surface area contributed by atoms with Crippen LogP contribution in [0.4, 0.5) is 0 Å². The average molecular weight is 443 g/mol. The van der Waals surface area contributed by atoms with Crippen molar-refractivity contribution in [3.8, 4) is 11.5 Å². The number of rotatable bonds is 9. The molecule has 0 saturated heterocycles. The van der Waals surface area contributed by atoms with E-state index in [9.17, 15) is 14.4 Å². The number of aryl methyl sites for hydroxylation is 2. The van der Waals surface area contributed by atoms with Crippen molar-refractivity contribution in [2.75, 3.05) is 28.4 Å². The first kappa shape index (κ1) is 24.9. The van der Waals surface area contributed by atoms with Crippen molar-refractivity contribution in [3.63, 3.8) is 0 Å². The summed E-state index contributed by atoms with van der Waals surface area (Å²) in [6, 6.07) is 10.6. The van der Waals surface area contributed by atoms with Gasteiger partial charge in [0.25, 0.3) is 0 Å². The van der Waals surface area contributed by atoms with Crippen LogP contribution in [-0.2, 0) is 19.1 Å². The molecule has 0 amide bonds. The van der Waals surface area contributed by atoms with Gasteiger partial charge in [0, 0.05) is 17.4 Å². The fourth-order valence-corrected chi connectivity index (χ4v) is 3.97. The van der Waals surface area contributed by atoms with Crippen molar-refractivity contribution in [2.24, 2.45) is 11.8 Å². The standard InChI is InChI=1S/C25H30O7/c1-14-8-10-18(15(2)12-14)23(26)16(3)21(22(24(27)31-6)25(28)32-7)17-9-11-19(29-4)20(13-17)30-5/h8-13,16,21-22H,1-7H3/t16-,21-/m1/s1. The van der Waals surface area contributed by atoms with Crippen LogP contribution in [0.1, 0.15) is 39.9 Å². The lowest BCUT2D eigenvalue weighted by molar-refractivity contribution is -0.160. The predicted octanol–water partition coefficient (Wildman–Crippen LogP) is 3.89. The Kier molecular flexibility index (Phi) is 8.41. The number of hydrogen-bond donors (Lipinski definition) is 0. The summed E-state index contributed by atoms with van der Waals surface area (Å²) in [6.07, 6.45) is 0. The Hall–Kier alpha value is -3.35. The third-order valence-electron chi connectivity index (χ3n) is 5.66. The molecule has 7 nitrogen and oxygen atoms in total. The van der Waals surface area contributed by atoms with Gasteiger partial charge in [-0.2, -0.15) is 0 Å². The van der Waals surface area contributed by atoms with Crippen LogP contribution in [0.25, 0.3) is 0 Å². The summed E-state index contributed by atoms with van der Waals surface area (Å²) in [4.78, 5) is 38.9. The number of Topliss-reactive ketones (excluding diaryl/α,β-unsaturated/α-hetero) is 1. The molecule has 0 N–H and O–H groups in total. The maximum absolute atomic E-state index is 13.5. The molecule has 32 heavy (non-hydrogen) atoms. The van der Waals surface area contributed by atoms with Crippen molar-refractivity contribution >= 4 is 17.7 Å². The second-order valence-corrected chi connectivity index (χ2v) is 7.64. The van der Waals surface area contributed by atoms with Gasteiger partial charge in [-0.25, -0.2) is 0 Å². The van der Waals surface area contributed by atoms with Gasteiger partial charge >= 0.3 is 11.9 Å². The smallest absolute Gasteiger partial charge is 0.320 e. The van der Waals surface area contributed by atoms with Crippen molar-refractivity contribution in [1.29, 1.82) is 0 Å². The van der Waals surface area contributed by atoms with E-state index in [2.05, 4.69) is 0 Å². The molecule has 0 aliphatic heterocycles. The minimum Gasteiger partial charge on any atom is -0.493 e. The van der Waals surface area contributed by atoms with Crippen molar-refractivity contribution in [1.82, 2.24) is 0 Å². The van der Waals surface area contributed by atoms with Gasteiger partial charge in [-0.15, -0.1) is 0 Å². The van der Waals surface area contributed by atoms with Crippen molar-refractivity contribution in [2.45, 2.75) is 26.7 Å². The molecular weight excluding hydrogens is 412 g/mol. The zero-order chi connectivity index (χ0) is 24.0. The maximum atomic E-state index is 13.5. The fraction of sp³-hybridized carbons (Fsp3) is 0.400. The van der Waals surface area contributed by atoms with E-state index >= 15 is 0 Å². The number of ketones is 1. The summed E-state index contributed by atoms with van der Waals surface area (Å²) in [7, 11) is 5.38. The normalized spacial score (nSPS) is 12.6. The fourth-order valence-electron chi connectivity index (χ4n) is 3.97. The van der Waals surface area contributed by atoms with Crippen molar-refractivity contribution < 1.29 is 33.3 Å². The second-order valence-electron chi connectivity index (χ2n) is 7.64. The summed E-state index contributed by atoms with van der Waals surface area (Å²) in [5, 5.41) is 0. The van der Waals surface area contributed by atoms with Crippen LogP contribution in [0, 0.1) is 25.7 Å². The summed E-state index contributed by atoms with van der Waals surface area (Å²) in [5.41, 5.74) is 2.93. The Bertz CT molecular complexity index is 980. The summed E-state index contributed by atoms with van der Waals surface area (Å²) in [5.74, 6) is -3.81. The highest BCUT2D eigenvalue weighted by Crippen LogP contribution is 2.40. The molecule has 0 heterocycles. The number of methoxy groups -OCH3 is 4. The zero-order valence-corrected chi connectivity index (χ0v) is 19.6. The lowest BCUT2D eigenvalue weighted by atomic mass is 9.74. The lowest BCUT2D eigenvalue weighted by Crippen LogP contribution is -2.37. The van der Waals surface area contributed by atoms with Gasteiger partial charge in [0.1, 0.15) is 0 Å². The summed E-state index contributed by atoms with van der Waals surface area (Å²) < 4.78 is 20.5. The molecule has 0 fully saturated rings. The van der Waals surface area contributed by atoms with Gasteiger partial charge in [0.2, 0.25) is 0 Å². The van der Waals surface area contributed by atoms with E-state index in [0.717, 1.165) is 11.1 Å². The Morgan fingerprint density at radius 1 is 0.781 bits per heavy atom. The van der Waals surface area contributed by atoms with Gasteiger partial charge < -0.3 is 18.9 Å². The third-order valence-corrected chi connectivity index (χ3v) is 5.66. The number of carbonyl (C=O) groups is 3. The Balaban J connectivity index is 2.67. The highest BCUT2D eigenvalue weighted by molar-refractivity contribution is 6.02. The Labute approximate surface area is 188 Å². The largest absolute Gasteiger partial charge is 0.493 e. The van der Waals surface area contributed by atoms with Gasteiger partial charge in [0.05, 0.1) is 28.4 Å². The molecule has 2 rings (SSSR count). The lowest BCUT2D eigenvalue weighted by Gasteiger charge is -2.29. The SMILES string of the molecule is COC(=O)C(C(=O)OC)[C@@H](c1ccc(OC)c(OC)c1)[C@@H](C)C(=O)c1ccc(C)cc1C. The topological polar surface area (TPSA) is 88.1 Å². The van der Waals surface area contributed by atoms with E-state index in [0.29, 0.717) is 22.6 Å². The summed E-state index contributed by atoms with van der Waals surface area (Å²) in [6.45, 7) is 5.50. The number of ether oxygens (including phenoxy) is 4. The van der Waals surface area contributed by atoms with Gasteiger partial charge in [0.15, 0.2) is 23.2 Å². The number of benzene rings is 2. The molecule has 2 aromatic rings. The highest BCUT2D eigenvalue weighted by Gasteiger charge is 2.43. The monoisotopic (exact) mass is 442 g/mol. The van der Waals surface area contributed by atoms with E-state index in [4.69, 9.17) is 18.9 Å². The molecule has 0 bridgehead atoms. The first-order valence-corrected chi connectivity index (χ1v) is 10.2. The van der Waals surface area contributed by atoms with Crippen LogP contribution >= 0.6 is 0 Å². The van der Waals surface area contributed by atoms with E-state index in [1.54, 1.807) is 31.2 Å². The van der Waals surface area contributed by atoms with E-state index < -0.39 is 29.7 Å². The third kappa shape index (κ3) is 5.10. The highest BCUT2D eigenvalue weighted by atomic mass is 16.5. The van der Waals surface area contributed by atoms with E-state index in [1.807, 2.05) is 26.0 Å². The molecule has 2 aromatic carbocycles. The van der Waals surface area contributed by atoms with Gasteiger partial charge in [-0.05, 0) is 37.1 Å². The van der Waals surface area contributed by atoms with Crippen LogP contribution in [-0.4, -0.2) is 46.2 Å². The minimum atomic E-state index is -1.34. The minimum absolute atomic E-state index is 0.194. The predicted molar refractivity (Wildman–Crippen MR) is 119 cm³/mol. The maximum Gasteiger partial charge on any atom is 0.320 e. The molecule has 0 unspecified atom stereocenters. The first-order valence-electron chi connectivity index (χ1n) is 10.2. The molecule has 0 aliphatic carbocycles. The number of esters is 2. The Morgan fingerprint density at radius 2 is 1.38 bits per heavy atom. The molecule has 0 saturated carbocycles. The Morgan fingerprint density at radius 3 is 1.88 bits per heavy atom. The molecule has 0 aromatic heterocycles. The van der Waals surface area contributed by atoms with Crippen LogP contribution in [0.2, 0.25) is 0 Å². The number of carbonyl (C=O) groups excluding carboxylic acids is 3. The molecular formula is C25H30O7. The van der Waals surface area contributed by atoms with E-state index in [1.165, 1.54) is 28.4 Å². The van der Waals surface area contributed by atoms with Gasteiger partial charge in [-0.1, -0.05) is 36.8 Å². The summed E-state index contributed by atoms with van der Waals surface area (Å²) >= 11 is 0.